The Morgan fingerprint density at radius 3 is 2.62 bits per heavy atom. The third-order valence-electron chi connectivity index (χ3n) is 4.56. The highest BCUT2D eigenvalue weighted by Crippen LogP contribution is 2.33. The van der Waals surface area contributed by atoms with Gasteiger partial charge in [-0.2, -0.15) is 0 Å². The number of halogens is 1. The first-order valence-corrected chi connectivity index (χ1v) is 8.05. The number of nitrogens with zero attached hydrogens (tertiary/aromatic N) is 2. The minimum absolute atomic E-state index is 0.0226. The molecule has 1 N–H and O–H groups in total. The topological polar surface area (TPSA) is 72.0 Å². The van der Waals surface area contributed by atoms with Crippen molar-refractivity contribution in [2.45, 2.75) is 31.6 Å². The molecule has 1 saturated carbocycles. The van der Waals surface area contributed by atoms with E-state index in [0.717, 1.165) is 18.4 Å². The second-order valence-corrected chi connectivity index (χ2v) is 6.40. The Labute approximate surface area is 138 Å². The van der Waals surface area contributed by atoms with E-state index in [0.29, 0.717) is 24.1 Å². The number of ketones is 1. The third kappa shape index (κ3) is 2.91. The third-order valence-corrected chi connectivity index (χ3v) is 4.56. The van der Waals surface area contributed by atoms with Crippen LogP contribution in [0.5, 0.6) is 0 Å². The molecule has 1 heterocycles. The van der Waals surface area contributed by atoms with Crippen LogP contribution in [0.15, 0.2) is 30.5 Å². The summed E-state index contributed by atoms with van der Waals surface area (Å²) in [5.41, 5.74) is 2.07. The van der Waals surface area contributed by atoms with E-state index < -0.39 is 0 Å². The van der Waals surface area contributed by atoms with E-state index >= 15 is 0 Å². The smallest absolute Gasteiger partial charge is 0.229 e. The summed E-state index contributed by atoms with van der Waals surface area (Å²) in [6, 6.07) is 6.21. The second kappa shape index (κ2) is 5.78. The van der Waals surface area contributed by atoms with Crippen molar-refractivity contribution in [3.63, 3.8) is 0 Å². The molecule has 1 unspecified atom stereocenters. The van der Waals surface area contributed by atoms with Gasteiger partial charge < -0.3 is 0 Å². The summed E-state index contributed by atoms with van der Waals surface area (Å²) in [7, 11) is 0. The van der Waals surface area contributed by atoms with Crippen LogP contribution in [0.3, 0.4) is 0 Å². The first-order valence-electron chi connectivity index (χ1n) is 8.05. The summed E-state index contributed by atoms with van der Waals surface area (Å²) >= 11 is 0. The zero-order valence-corrected chi connectivity index (χ0v) is 13.0. The quantitative estimate of drug-likeness (QED) is 0.942. The van der Waals surface area contributed by atoms with Gasteiger partial charge in [0.25, 0.3) is 0 Å². The number of fused-ring (bicyclic) bond motifs is 1. The molecule has 1 atom stereocenters. The number of rotatable bonds is 3. The van der Waals surface area contributed by atoms with E-state index in [9.17, 15) is 14.0 Å². The van der Waals surface area contributed by atoms with Gasteiger partial charge in [0.15, 0.2) is 5.78 Å². The molecule has 0 aliphatic heterocycles. The Balaban J connectivity index is 1.58. The molecule has 1 amide bonds. The summed E-state index contributed by atoms with van der Waals surface area (Å²) in [5, 5.41) is 2.71. The fraction of sp³-hybridized carbons (Fsp3) is 0.333. The first kappa shape index (κ1) is 14.9. The number of anilines is 1. The molecule has 1 fully saturated rings. The lowest BCUT2D eigenvalue weighted by molar-refractivity contribution is -0.117. The first-order chi connectivity index (χ1) is 11.6. The lowest BCUT2D eigenvalue weighted by Gasteiger charge is -2.23. The predicted octanol–water partition coefficient (Wildman–Crippen LogP) is 2.88. The molecule has 1 aromatic carbocycles. The Kier molecular flexibility index (Phi) is 3.59. The van der Waals surface area contributed by atoms with E-state index in [1.165, 1.54) is 18.3 Å². The Hall–Kier alpha value is -2.63. The predicted molar refractivity (Wildman–Crippen MR) is 85.2 cm³/mol. The number of carbonyl (C=O) groups is 2. The van der Waals surface area contributed by atoms with Crippen LogP contribution in [0.2, 0.25) is 0 Å². The molecule has 2 aliphatic carbocycles. The number of amides is 1. The number of nitrogens with one attached hydrogen (secondary N) is 1. The normalized spacial score (nSPS) is 19.7. The molecule has 24 heavy (non-hydrogen) atoms. The molecule has 0 saturated heterocycles. The van der Waals surface area contributed by atoms with Crippen LogP contribution in [-0.4, -0.2) is 21.7 Å². The molecule has 1 aromatic heterocycles. The van der Waals surface area contributed by atoms with Crippen molar-refractivity contribution in [3.05, 3.63) is 53.1 Å². The largest absolute Gasteiger partial charge is 0.294 e. The molecule has 0 bridgehead atoms. The zero-order chi connectivity index (χ0) is 16.7. The summed E-state index contributed by atoms with van der Waals surface area (Å²) in [6.07, 6.45) is 4.23. The molecule has 2 aromatic rings. The van der Waals surface area contributed by atoms with Gasteiger partial charge in [0.1, 0.15) is 5.82 Å². The highest BCUT2D eigenvalue weighted by molar-refractivity contribution is 5.99. The van der Waals surface area contributed by atoms with Crippen LogP contribution in [0, 0.1) is 11.7 Å². The summed E-state index contributed by atoms with van der Waals surface area (Å²) in [5.74, 6) is -0.101. The number of benzene rings is 1. The number of aromatic nitrogens is 2. The maximum Gasteiger partial charge on any atom is 0.229 e. The molecular formula is C18H16FN3O2. The van der Waals surface area contributed by atoms with Gasteiger partial charge in [-0.05, 0) is 42.9 Å². The lowest BCUT2D eigenvalue weighted by Crippen LogP contribution is -2.22. The van der Waals surface area contributed by atoms with Crippen molar-refractivity contribution in [2.75, 3.05) is 5.32 Å². The van der Waals surface area contributed by atoms with Gasteiger partial charge in [-0.15, -0.1) is 0 Å². The van der Waals surface area contributed by atoms with Crippen LogP contribution in [0.1, 0.15) is 46.8 Å². The number of hydrogen-bond donors (Lipinski definition) is 1. The average molecular weight is 325 g/mol. The molecule has 122 valence electrons. The highest BCUT2D eigenvalue weighted by Gasteiger charge is 2.31. The van der Waals surface area contributed by atoms with Crippen molar-refractivity contribution < 1.29 is 14.0 Å². The van der Waals surface area contributed by atoms with Crippen molar-refractivity contribution in [2.24, 2.45) is 5.92 Å². The fourth-order valence-corrected chi connectivity index (χ4v) is 3.03. The Morgan fingerprint density at radius 2 is 1.92 bits per heavy atom. The zero-order valence-electron chi connectivity index (χ0n) is 13.0. The fourth-order valence-electron chi connectivity index (χ4n) is 3.03. The SMILES string of the molecule is O=C1CC(c2ccc(F)cc2)Cc2nc(NC(=O)C3CC3)ncc21. The molecular weight excluding hydrogens is 309 g/mol. The van der Waals surface area contributed by atoms with Crippen LogP contribution < -0.4 is 5.32 Å². The minimum Gasteiger partial charge on any atom is -0.294 e. The molecule has 0 radical (unpaired) electrons. The summed E-state index contributed by atoms with van der Waals surface area (Å²) in [4.78, 5) is 32.6. The minimum atomic E-state index is -0.298. The van der Waals surface area contributed by atoms with Crippen LogP contribution >= 0.6 is 0 Å². The van der Waals surface area contributed by atoms with Gasteiger partial charge in [-0.1, -0.05) is 12.1 Å². The van der Waals surface area contributed by atoms with Gasteiger partial charge in [-0.25, -0.2) is 14.4 Å². The maximum absolute atomic E-state index is 13.1. The standard InChI is InChI=1S/C18H16FN3O2/c19-13-5-3-10(4-6-13)12-7-15-14(16(23)8-12)9-20-18(21-15)22-17(24)11-1-2-11/h3-6,9,11-12H,1-2,7-8H2,(H,20,21,22,24). The van der Waals surface area contributed by atoms with E-state index in [2.05, 4.69) is 15.3 Å². The molecule has 4 rings (SSSR count). The van der Waals surface area contributed by atoms with Crippen molar-refractivity contribution in [1.29, 1.82) is 0 Å². The van der Waals surface area contributed by atoms with Crippen molar-refractivity contribution >= 4 is 17.6 Å². The van der Waals surface area contributed by atoms with E-state index in [4.69, 9.17) is 0 Å². The van der Waals surface area contributed by atoms with E-state index in [1.54, 1.807) is 12.1 Å². The van der Waals surface area contributed by atoms with Crippen LogP contribution in [0.25, 0.3) is 0 Å². The number of carbonyl (C=O) groups excluding carboxylic acids is 2. The Morgan fingerprint density at radius 1 is 1.17 bits per heavy atom. The molecule has 2 aliphatic rings. The van der Waals surface area contributed by atoms with E-state index in [-0.39, 0.29) is 35.3 Å². The Bertz CT molecular complexity index is 816. The lowest BCUT2D eigenvalue weighted by atomic mass is 9.82. The second-order valence-electron chi connectivity index (χ2n) is 6.40. The van der Waals surface area contributed by atoms with Gasteiger partial charge in [0.2, 0.25) is 11.9 Å². The van der Waals surface area contributed by atoms with Crippen LogP contribution in [-0.2, 0) is 11.2 Å². The van der Waals surface area contributed by atoms with Crippen molar-refractivity contribution in [3.8, 4) is 0 Å². The average Bonchev–Trinajstić information content (AvgIpc) is 3.40. The van der Waals surface area contributed by atoms with Crippen molar-refractivity contribution in [1.82, 2.24) is 9.97 Å². The molecule has 0 spiro atoms. The number of Topliss-reactive ketones (excluding diaryl/α,β-unsaturated/α-hetero) is 1. The van der Waals surface area contributed by atoms with Gasteiger partial charge in [-0.3, -0.25) is 14.9 Å². The van der Waals surface area contributed by atoms with Crippen LogP contribution in [0.4, 0.5) is 10.3 Å². The van der Waals surface area contributed by atoms with Gasteiger partial charge in [0.05, 0.1) is 11.3 Å². The van der Waals surface area contributed by atoms with E-state index in [1.807, 2.05) is 0 Å². The highest BCUT2D eigenvalue weighted by atomic mass is 19.1. The summed E-state index contributed by atoms with van der Waals surface area (Å²) < 4.78 is 13.1. The summed E-state index contributed by atoms with van der Waals surface area (Å²) in [6.45, 7) is 0. The maximum atomic E-state index is 13.1. The molecule has 6 heteroatoms. The monoisotopic (exact) mass is 325 g/mol. The van der Waals surface area contributed by atoms with Gasteiger partial charge in [0, 0.05) is 18.5 Å². The molecule has 5 nitrogen and oxygen atoms in total. The number of hydrogen-bond acceptors (Lipinski definition) is 4. The van der Waals surface area contributed by atoms with Gasteiger partial charge >= 0.3 is 0 Å².